The van der Waals surface area contributed by atoms with E-state index in [0.29, 0.717) is 12.1 Å². The molecule has 0 aromatic heterocycles. The lowest BCUT2D eigenvalue weighted by atomic mass is 10.1. The van der Waals surface area contributed by atoms with Crippen LogP contribution in [0.2, 0.25) is 0 Å². The lowest BCUT2D eigenvalue weighted by molar-refractivity contribution is 0.506. The molecule has 0 aliphatic carbocycles. The maximum Gasteiger partial charge on any atom is 0.0294 e. The Morgan fingerprint density at radius 2 is 1.58 bits per heavy atom. The van der Waals surface area contributed by atoms with Gasteiger partial charge in [0.2, 0.25) is 0 Å². The van der Waals surface area contributed by atoms with E-state index in [1.807, 2.05) is 6.07 Å². The molecule has 0 saturated heterocycles. The molecule has 0 unspecified atom stereocenters. The number of benzene rings is 1. The van der Waals surface area contributed by atoms with Gasteiger partial charge in [0.1, 0.15) is 0 Å². The van der Waals surface area contributed by atoms with E-state index in [1.165, 1.54) is 5.56 Å². The quantitative estimate of drug-likeness (QED) is 0.722. The Balaban J connectivity index is 2.59. The summed E-state index contributed by atoms with van der Waals surface area (Å²) in [5, 5.41) is 3.46. The standard InChI is InChI=1S/C11H17N/c1-9(2)12-10(3)11-7-5-4-6-8-11/h4-10,12H,1-3H3/t10-/m1/s1. The summed E-state index contributed by atoms with van der Waals surface area (Å²) >= 11 is 0. The second kappa shape index (κ2) is 4.27. The van der Waals surface area contributed by atoms with Gasteiger partial charge in [-0.3, -0.25) is 0 Å². The van der Waals surface area contributed by atoms with Crippen LogP contribution < -0.4 is 5.32 Å². The first-order chi connectivity index (χ1) is 5.70. The topological polar surface area (TPSA) is 12.0 Å². The van der Waals surface area contributed by atoms with Crippen LogP contribution in [0.25, 0.3) is 0 Å². The van der Waals surface area contributed by atoms with Crippen LogP contribution in [0.3, 0.4) is 0 Å². The van der Waals surface area contributed by atoms with Gasteiger partial charge >= 0.3 is 0 Å². The third kappa shape index (κ3) is 2.67. The molecule has 1 N–H and O–H groups in total. The van der Waals surface area contributed by atoms with Crippen LogP contribution in [0.1, 0.15) is 32.4 Å². The van der Waals surface area contributed by atoms with E-state index < -0.39 is 0 Å². The molecule has 0 spiro atoms. The predicted molar refractivity (Wildman–Crippen MR) is 53.1 cm³/mol. The molecule has 0 bridgehead atoms. The van der Waals surface area contributed by atoms with Crippen molar-refractivity contribution in [3.63, 3.8) is 0 Å². The van der Waals surface area contributed by atoms with Crippen molar-refractivity contribution in [3.05, 3.63) is 35.9 Å². The summed E-state index contributed by atoms with van der Waals surface area (Å²) in [4.78, 5) is 0. The Kier molecular flexibility index (Phi) is 3.30. The fourth-order valence-corrected chi connectivity index (χ4v) is 1.34. The van der Waals surface area contributed by atoms with Crippen LogP contribution in [-0.2, 0) is 0 Å². The van der Waals surface area contributed by atoms with Gasteiger partial charge in [-0.25, -0.2) is 0 Å². The monoisotopic (exact) mass is 163 g/mol. The summed E-state index contributed by atoms with van der Waals surface area (Å²) in [6.07, 6.45) is 0. The van der Waals surface area contributed by atoms with E-state index in [2.05, 4.69) is 50.4 Å². The lowest BCUT2D eigenvalue weighted by Crippen LogP contribution is -2.25. The Morgan fingerprint density at radius 3 is 2.08 bits per heavy atom. The van der Waals surface area contributed by atoms with E-state index in [-0.39, 0.29) is 0 Å². The van der Waals surface area contributed by atoms with Crippen LogP contribution in [0.15, 0.2) is 30.3 Å². The minimum Gasteiger partial charge on any atom is -0.308 e. The molecule has 0 aliphatic heterocycles. The highest BCUT2D eigenvalue weighted by molar-refractivity contribution is 5.18. The molecule has 1 heteroatoms. The predicted octanol–water partition coefficient (Wildman–Crippen LogP) is 2.75. The number of rotatable bonds is 3. The summed E-state index contributed by atoms with van der Waals surface area (Å²) in [5.74, 6) is 0. The van der Waals surface area contributed by atoms with Gasteiger partial charge in [-0.15, -0.1) is 0 Å². The lowest BCUT2D eigenvalue weighted by Gasteiger charge is -2.16. The van der Waals surface area contributed by atoms with Crippen molar-refractivity contribution >= 4 is 0 Å². The van der Waals surface area contributed by atoms with Gasteiger partial charge in [0.15, 0.2) is 0 Å². The first-order valence-electron chi connectivity index (χ1n) is 4.51. The molecule has 0 radical (unpaired) electrons. The van der Waals surface area contributed by atoms with Crippen molar-refractivity contribution in [2.24, 2.45) is 0 Å². The maximum absolute atomic E-state index is 3.46. The average Bonchev–Trinajstić information content (AvgIpc) is 2.05. The van der Waals surface area contributed by atoms with Crippen LogP contribution in [0.5, 0.6) is 0 Å². The second-order valence-electron chi connectivity index (χ2n) is 3.45. The first kappa shape index (κ1) is 9.27. The van der Waals surface area contributed by atoms with Crippen LogP contribution in [0, 0.1) is 0 Å². The van der Waals surface area contributed by atoms with Crippen molar-refractivity contribution in [1.29, 1.82) is 0 Å². The molecular weight excluding hydrogens is 146 g/mol. The molecular formula is C11H17N. The zero-order valence-corrected chi connectivity index (χ0v) is 8.04. The molecule has 12 heavy (non-hydrogen) atoms. The minimum atomic E-state index is 0.450. The summed E-state index contributed by atoms with van der Waals surface area (Å²) < 4.78 is 0. The van der Waals surface area contributed by atoms with Crippen LogP contribution in [-0.4, -0.2) is 6.04 Å². The van der Waals surface area contributed by atoms with E-state index >= 15 is 0 Å². The molecule has 0 aliphatic rings. The van der Waals surface area contributed by atoms with Gasteiger partial charge in [0.25, 0.3) is 0 Å². The largest absolute Gasteiger partial charge is 0.308 e. The highest BCUT2D eigenvalue weighted by atomic mass is 14.9. The summed E-state index contributed by atoms with van der Waals surface area (Å²) in [6, 6.07) is 11.5. The Labute approximate surface area is 74.8 Å². The fraction of sp³-hybridized carbons (Fsp3) is 0.455. The minimum absolute atomic E-state index is 0.450. The van der Waals surface area contributed by atoms with E-state index in [1.54, 1.807) is 0 Å². The van der Waals surface area contributed by atoms with Gasteiger partial charge in [-0.1, -0.05) is 44.2 Å². The molecule has 1 aromatic rings. The molecule has 0 heterocycles. The fourth-order valence-electron chi connectivity index (χ4n) is 1.34. The zero-order chi connectivity index (χ0) is 8.97. The Morgan fingerprint density at radius 1 is 1.00 bits per heavy atom. The SMILES string of the molecule is CC(C)N[C@H](C)c1ccccc1. The average molecular weight is 163 g/mol. The number of nitrogens with one attached hydrogen (secondary N) is 1. The van der Waals surface area contributed by atoms with Crippen molar-refractivity contribution in [2.45, 2.75) is 32.9 Å². The normalized spacial score (nSPS) is 13.3. The molecule has 1 nitrogen and oxygen atoms in total. The van der Waals surface area contributed by atoms with E-state index in [4.69, 9.17) is 0 Å². The molecule has 66 valence electrons. The van der Waals surface area contributed by atoms with Crippen molar-refractivity contribution < 1.29 is 0 Å². The van der Waals surface area contributed by atoms with Crippen molar-refractivity contribution in [2.75, 3.05) is 0 Å². The molecule has 0 fully saturated rings. The van der Waals surface area contributed by atoms with Gasteiger partial charge < -0.3 is 5.32 Å². The highest BCUT2D eigenvalue weighted by Gasteiger charge is 2.04. The van der Waals surface area contributed by atoms with Crippen LogP contribution >= 0.6 is 0 Å². The Hall–Kier alpha value is -0.820. The first-order valence-corrected chi connectivity index (χ1v) is 4.51. The zero-order valence-electron chi connectivity index (χ0n) is 8.04. The van der Waals surface area contributed by atoms with Crippen LogP contribution in [0.4, 0.5) is 0 Å². The number of hydrogen-bond acceptors (Lipinski definition) is 1. The van der Waals surface area contributed by atoms with Gasteiger partial charge in [-0.2, -0.15) is 0 Å². The Bertz CT molecular complexity index is 216. The summed E-state index contributed by atoms with van der Waals surface area (Å²) in [5.41, 5.74) is 1.35. The number of hydrogen-bond donors (Lipinski definition) is 1. The molecule has 1 aromatic carbocycles. The van der Waals surface area contributed by atoms with E-state index in [0.717, 1.165) is 0 Å². The highest BCUT2D eigenvalue weighted by Crippen LogP contribution is 2.11. The third-order valence-corrected chi connectivity index (χ3v) is 1.88. The maximum atomic E-state index is 3.46. The molecule has 1 atom stereocenters. The smallest absolute Gasteiger partial charge is 0.0294 e. The molecule has 1 rings (SSSR count). The van der Waals surface area contributed by atoms with Crippen molar-refractivity contribution in [3.8, 4) is 0 Å². The molecule has 0 saturated carbocycles. The van der Waals surface area contributed by atoms with E-state index in [9.17, 15) is 0 Å². The van der Waals surface area contributed by atoms with Gasteiger partial charge in [0.05, 0.1) is 0 Å². The van der Waals surface area contributed by atoms with Crippen molar-refractivity contribution in [1.82, 2.24) is 5.32 Å². The second-order valence-corrected chi connectivity index (χ2v) is 3.45. The van der Waals surface area contributed by atoms with Gasteiger partial charge in [0, 0.05) is 12.1 Å². The third-order valence-electron chi connectivity index (χ3n) is 1.88. The summed E-state index contributed by atoms with van der Waals surface area (Å²) in [6.45, 7) is 6.52. The van der Waals surface area contributed by atoms with Gasteiger partial charge in [-0.05, 0) is 12.5 Å². The molecule has 0 amide bonds. The summed E-state index contributed by atoms with van der Waals surface area (Å²) in [7, 11) is 0.